The maximum absolute atomic E-state index is 5.44. The maximum Gasteiger partial charge on any atom is 0.0512 e. The molecule has 0 amide bonds. The molecule has 0 aliphatic rings. The highest BCUT2D eigenvalue weighted by Crippen LogP contribution is 2.11. The standard InChI is InChI=1S/C6H7ClN2/c7-9-6-3-1-2-5(8)4-6/h1-4,9H,8H2. The van der Waals surface area contributed by atoms with E-state index in [1.165, 1.54) is 0 Å². The van der Waals surface area contributed by atoms with Crippen molar-refractivity contribution in [3.63, 3.8) is 0 Å². The van der Waals surface area contributed by atoms with Gasteiger partial charge in [0.2, 0.25) is 0 Å². The predicted molar refractivity (Wildman–Crippen MR) is 40.3 cm³/mol. The first-order valence-electron chi connectivity index (χ1n) is 2.55. The minimum absolute atomic E-state index is 0.709. The molecule has 0 spiro atoms. The quantitative estimate of drug-likeness (QED) is 0.464. The molecule has 3 N–H and O–H groups in total. The number of halogens is 1. The zero-order valence-corrected chi connectivity index (χ0v) is 5.52. The molecule has 0 saturated carbocycles. The predicted octanol–water partition coefficient (Wildman–Crippen LogP) is 1.83. The van der Waals surface area contributed by atoms with Crippen LogP contribution in [0.1, 0.15) is 0 Å². The molecule has 0 aliphatic carbocycles. The number of hydrogen-bond donors (Lipinski definition) is 2. The van der Waals surface area contributed by atoms with E-state index in [2.05, 4.69) is 4.84 Å². The lowest BCUT2D eigenvalue weighted by atomic mass is 10.3. The van der Waals surface area contributed by atoms with Gasteiger partial charge in [0, 0.05) is 17.5 Å². The van der Waals surface area contributed by atoms with E-state index in [-0.39, 0.29) is 0 Å². The Hall–Kier alpha value is -0.890. The highest BCUT2D eigenvalue weighted by Gasteiger charge is 1.86. The van der Waals surface area contributed by atoms with E-state index in [4.69, 9.17) is 17.5 Å². The molecule has 2 nitrogen and oxygen atoms in total. The van der Waals surface area contributed by atoms with E-state index < -0.39 is 0 Å². The van der Waals surface area contributed by atoms with Crippen LogP contribution in [0.4, 0.5) is 11.4 Å². The van der Waals surface area contributed by atoms with E-state index in [0.717, 1.165) is 5.69 Å². The summed E-state index contributed by atoms with van der Waals surface area (Å²) in [5, 5.41) is 0. The zero-order chi connectivity index (χ0) is 6.69. The van der Waals surface area contributed by atoms with Gasteiger partial charge in [0.1, 0.15) is 0 Å². The lowest BCUT2D eigenvalue weighted by Crippen LogP contribution is -1.85. The summed E-state index contributed by atoms with van der Waals surface area (Å²) in [7, 11) is 0. The molecular formula is C6H7ClN2. The van der Waals surface area contributed by atoms with Gasteiger partial charge in [0.05, 0.1) is 5.69 Å². The summed E-state index contributed by atoms with van der Waals surface area (Å²) in [6.07, 6.45) is 0. The lowest BCUT2D eigenvalue weighted by molar-refractivity contribution is 1.66. The lowest BCUT2D eigenvalue weighted by Gasteiger charge is -1.96. The zero-order valence-electron chi connectivity index (χ0n) is 4.76. The van der Waals surface area contributed by atoms with Crippen molar-refractivity contribution >= 4 is 23.2 Å². The molecule has 0 atom stereocenters. The van der Waals surface area contributed by atoms with Gasteiger partial charge >= 0.3 is 0 Å². The Morgan fingerprint density at radius 2 is 2.22 bits per heavy atom. The van der Waals surface area contributed by atoms with Gasteiger partial charge < -0.3 is 5.73 Å². The van der Waals surface area contributed by atoms with E-state index >= 15 is 0 Å². The molecular weight excluding hydrogens is 136 g/mol. The topological polar surface area (TPSA) is 38.0 Å². The minimum atomic E-state index is 0.709. The molecule has 0 unspecified atom stereocenters. The molecule has 3 heteroatoms. The highest BCUT2D eigenvalue weighted by atomic mass is 35.5. The second-order valence-electron chi connectivity index (χ2n) is 1.72. The summed E-state index contributed by atoms with van der Waals surface area (Å²) in [5.41, 5.74) is 6.96. The third kappa shape index (κ3) is 1.50. The van der Waals surface area contributed by atoms with Crippen LogP contribution >= 0.6 is 11.8 Å². The molecule has 0 heterocycles. The first-order chi connectivity index (χ1) is 4.33. The van der Waals surface area contributed by atoms with Crippen LogP contribution in [0.15, 0.2) is 24.3 Å². The normalized spacial score (nSPS) is 9.00. The monoisotopic (exact) mass is 142 g/mol. The number of nitrogen functional groups attached to an aromatic ring is 1. The van der Waals surface area contributed by atoms with Gasteiger partial charge in [-0.2, -0.15) is 0 Å². The number of nitrogens with two attached hydrogens (primary N) is 1. The molecule has 0 saturated heterocycles. The first kappa shape index (κ1) is 6.23. The van der Waals surface area contributed by atoms with Crippen molar-refractivity contribution in [2.75, 3.05) is 10.6 Å². The van der Waals surface area contributed by atoms with Crippen molar-refractivity contribution < 1.29 is 0 Å². The van der Waals surface area contributed by atoms with Crippen LogP contribution in [0.2, 0.25) is 0 Å². The smallest absolute Gasteiger partial charge is 0.0512 e. The number of nitrogens with one attached hydrogen (secondary N) is 1. The summed E-state index contributed by atoms with van der Waals surface area (Å²) < 4.78 is 0. The Bertz CT molecular complexity index is 200. The van der Waals surface area contributed by atoms with E-state index in [1.807, 2.05) is 12.1 Å². The fourth-order valence-electron chi connectivity index (χ4n) is 0.597. The average molecular weight is 143 g/mol. The average Bonchev–Trinajstić information content (AvgIpc) is 1.88. The van der Waals surface area contributed by atoms with Crippen molar-refractivity contribution in [3.8, 4) is 0 Å². The van der Waals surface area contributed by atoms with Crippen LogP contribution in [-0.4, -0.2) is 0 Å². The minimum Gasteiger partial charge on any atom is -0.399 e. The van der Waals surface area contributed by atoms with Gasteiger partial charge in [-0.25, -0.2) is 0 Å². The van der Waals surface area contributed by atoms with Crippen molar-refractivity contribution in [1.82, 2.24) is 0 Å². The van der Waals surface area contributed by atoms with Gasteiger partial charge in [-0.05, 0) is 18.2 Å². The molecule has 1 aromatic rings. The van der Waals surface area contributed by atoms with Gasteiger partial charge in [0.15, 0.2) is 0 Å². The number of benzene rings is 1. The molecule has 0 bridgehead atoms. The van der Waals surface area contributed by atoms with Crippen LogP contribution in [0.5, 0.6) is 0 Å². The largest absolute Gasteiger partial charge is 0.399 e. The second kappa shape index (κ2) is 2.60. The molecule has 0 aliphatic heterocycles. The SMILES string of the molecule is Nc1cccc(NCl)c1. The van der Waals surface area contributed by atoms with E-state index in [1.54, 1.807) is 12.1 Å². The van der Waals surface area contributed by atoms with Crippen LogP contribution < -0.4 is 10.6 Å². The Balaban J connectivity index is 2.94. The van der Waals surface area contributed by atoms with Gasteiger partial charge in [0.25, 0.3) is 0 Å². The fourth-order valence-corrected chi connectivity index (χ4v) is 0.715. The summed E-state index contributed by atoms with van der Waals surface area (Å²) >= 11 is 5.29. The Labute approximate surface area is 58.7 Å². The van der Waals surface area contributed by atoms with Crippen molar-refractivity contribution in [1.29, 1.82) is 0 Å². The van der Waals surface area contributed by atoms with Crippen molar-refractivity contribution in [2.24, 2.45) is 0 Å². The molecule has 0 fully saturated rings. The van der Waals surface area contributed by atoms with Crippen molar-refractivity contribution in [2.45, 2.75) is 0 Å². The van der Waals surface area contributed by atoms with Gasteiger partial charge in [-0.15, -0.1) is 0 Å². The van der Waals surface area contributed by atoms with Crippen LogP contribution in [0.3, 0.4) is 0 Å². The molecule has 0 radical (unpaired) electrons. The maximum atomic E-state index is 5.44. The Morgan fingerprint density at radius 3 is 2.67 bits per heavy atom. The number of hydrogen-bond acceptors (Lipinski definition) is 2. The van der Waals surface area contributed by atoms with Gasteiger partial charge in [-0.1, -0.05) is 6.07 Å². The van der Waals surface area contributed by atoms with E-state index in [9.17, 15) is 0 Å². The molecule has 9 heavy (non-hydrogen) atoms. The first-order valence-corrected chi connectivity index (χ1v) is 2.93. The third-order valence-electron chi connectivity index (χ3n) is 0.996. The van der Waals surface area contributed by atoms with E-state index in [0.29, 0.717) is 5.69 Å². The molecule has 48 valence electrons. The van der Waals surface area contributed by atoms with Gasteiger partial charge in [-0.3, -0.25) is 4.84 Å². The summed E-state index contributed by atoms with van der Waals surface area (Å²) in [5.74, 6) is 0. The summed E-state index contributed by atoms with van der Waals surface area (Å²) in [4.78, 5) is 2.46. The summed E-state index contributed by atoms with van der Waals surface area (Å²) in [6.45, 7) is 0. The van der Waals surface area contributed by atoms with Crippen molar-refractivity contribution in [3.05, 3.63) is 24.3 Å². The Morgan fingerprint density at radius 1 is 1.44 bits per heavy atom. The molecule has 1 aromatic carbocycles. The molecule has 0 aromatic heterocycles. The van der Waals surface area contributed by atoms with Crippen LogP contribution in [0.25, 0.3) is 0 Å². The molecule has 1 rings (SSSR count). The van der Waals surface area contributed by atoms with Crippen LogP contribution in [0, 0.1) is 0 Å². The van der Waals surface area contributed by atoms with Crippen LogP contribution in [-0.2, 0) is 0 Å². The Kier molecular flexibility index (Phi) is 1.80. The third-order valence-corrected chi connectivity index (χ3v) is 1.21. The second-order valence-corrected chi connectivity index (χ2v) is 1.91. The highest BCUT2D eigenvalue weighted by molar-refractivity contribution is 6.24. The summed E-state index contributed by atoms with van der Waals surface area (Å²) in [6, 6.07) is 7.23. The number of rotatable bonds is 1. The number of anilines is 2. The fraction of sp³-hybridized carbons (Fsp3) is 0.